The molecule has 106 valence electrons. The van der Waals surface area contributed by atoms with Gasteiger partial charge in [-0.25, -0.2) is 13.8 Å². The molecule has 0 saturated heterocycles. The van der Waals surface area contributed by atoms with Gasteiger partial charge in [0.05, 0.1) is 0 Å². The van der Waals surface area contributed by atoms with Gasteiger partial charge in [-0.3, -0.25) is 0 Å². The molecule has 0 aliphatic rings. The Hall–Kier alpha value is -2.01. The van der Waals surface area contributed by atoms with Gasteiger partial charge in [0.15, 0.2) is 11.6 Å². The van der Waals surface area contributed by atoms with Crippen LogP contribution in [0.25, 0.3) is 0 Å². The number of ether oxygens (including phenoxy) is 1. The summed E-state index contributed by atoms with van der Waals surface area (Å²) in [6, 6.07) is 6.59. The maximum Gasteiger partial charge on any atom is 0.222 e. The molecule has 1 aromatic heterocycles. The molecule has 2 rings (SSSR count). The molecular weight excluding hydrogens is 262 g/mol. The van der Waals surface area contributed by atoms with E-state index in [9.17, 15) is 8.78 Å². The van der Waals surface area contributed by atoms with Gasteiger partial charge < -0.3 is 10.5 Å². The van der Waals surface area contributed by atoms with E-state index >= 15 is 0 Å². The second-order valence-corrected chi connectivity index (χ2v) is 4.52. The number of benzene rings is 1. The monoisotopic (exact) mass is 278 g/mol. The summed E-state index contributed by atoms with van der Waals surface area (Å²) in [4.78, 5) is 4.07. The first-order valence-electron chi connectivity index (χ1n) is 6.42. The van der Waals surface area contributed by atoms with Crippen molar-refractivity contribution in [3.05, 3.63) is 53.7 Å². The Morgan fingerprint density at radius 2 is 2.10 bits per heavy atom. The van der Waals surface area contributed by atoms with Crippen molar-refractivity contribution in [2.24, 2.45) is 5.73 Å². The molecule has 0 amide bonds. The lowest BCUT2D eigenvalue weighted by Gasteiger charge is -2.13. The highest BCUT2D eigenvalue weighted by Crippen LogP contribution is 2.26. The maximum atomic E-state index is 13.6. The fraction of sp³-hybridized carbons (Fsp3) is 0.267. The first-order valence-corrected chi connectivity index (χ1v) is 6.42. The van der Waals surface area contributed by atoms with Crippen LogP contribution in [0, 0.1) is 11.6 Å². The van der Waals surface area contributed by atoms with E-state index < -0.39 is 11.6 Å². The first-order chi connectivity index (χ1) is 9.60. The van der Waals surface area contributed by atoms with Crippen LogP contribution in [0.15, 0.2) is 36.5 Å². The Balaban J connectivity index is 2.27. The smallest absolute Gasteiger partial charge is 0.222 e. The third-order valence-electron chi connectivity index (χ3n) is 2.96. The van der Waals surface area contributed by atoms with Crippen molar-refractivity contribution in [1.29, 1.82) is 0 Å². The van der Waals surface area contributed by atoms with E-state index in [1.165, 1.54) is 6.20 Å². The molecule has 5 heteroatoms. The lowest BCUT2D eigenvalue weighted by atomic mass is 10.1. The van der Waals surface area contributed by atoms with Crippen LogP contribution in [-0.4, -0.2) is 11.0 Å². The lowest BCUT2D eigenvalue weighted by molar-refractivity contribution is 0.415. The number of hydrogen-bond donors (Lipinski definition) is 1. The van der Waals surface area contributed by atoms with E-state index in [-0.39, 0.29) is 17.7 Å². The van der Waals surface area contributed by atoms with E-state index in [1.54, 1.807) is 6.07 Å². The Kier molecular flexibility index (Phi) is 4.63. The predicted molar refractivity (Wildman–Crippen MR) is 72.6 cm³/mol. The second-order valence-electron chi connectivity index (χ2n) is 4.52. The highest BCUT2D eigenvalue weighted by molar-refractivity contribution is 5.33. The van der Waals surface area contributed by atoms with Crippen LogP contribution in [0.2, 0.25) is 0 Å². The summed E-state index contributed by atoms with van der Waals surface area (Å²) in [6.45, 7) is 1.98. The summed E-state index contributed by atoms with van der Waals surface area (Å²) in [5.41, 5.74) is 6.67. The van der Waals surface area contributed by atoms with Crippen molar-refractivity contribution in [2.45, 2.75) is 25.8 Å². The number of aromatic nitrogens is 1. The quantitative estimate of drug-likeness (QED) is 0.911. The van der Waals surface area contributed by atoms with Gasteiger partial charge in [0.25, 0.3) is 0 Å². The number of nitrogens with zero attached hydrogens (tertiary/aromatic N) is 1. The zero-order valence-electron chi connectivity index (χ0n) is 11.1. The number of hydrogen-bond acceptors (Lipinski definition) is 3. The third-order valence-corrected chi connectivity index (χ3v) is 2.96. The zero-order valence-corrected chi connectivity index (χ0v) is 11.1. The zero-order chi connectivity index (χ0) is 14.5. The average molecular weight is 278 g/mol. The molecule has 1 aromatic carbocycles. The lowest BCUT2D eigenvalue weighted by Crippen LogP contribution is -2.21. The summed E-state index contributed by atoms with van der Waals surface area (Å²) in [7, 11) is 0. The van der Waals surface area contributed by atoms with E-state index in [2.05, 4.69) is 4.98 Å². The van der Waals surface area contributed by atoms with Crippen LogP contribution in [0.4, 0.5) is 8.78 Å². The van der Waals surface area contributed by atoms with E-state index in [4.69, 9.17) is 10.5 Å². The standard InChI is InChI=1S/C15H16F2N2O/c1-2-12(18)8-10-4-3-7-19-15(10)20-14-9-11(16)5-6-13(14)17/h3-7,9,12H,2,8,18H2,1H3. The van der Waals surface area contributed by atoms with E-state index in [1.807, 2.05) is 13.0 Å². The molecule has 2 N–H and O–H groups in total. The van der Waals surface area contributed by atoms with Crippen molar-refractivity contribution < 1.29 is 13.5 Å². The molecule has 1 heterocycles. The van der Waals surface area contributed by atoms with Crippen LogP contribution in [0.1, 0.15) is 18.9 Å². The van der Waals surface area contributed by atoms with Gasteiger partial charge in [0.2, 0.25) is 5.88 Å². The average Bonchev–Trinajstić information content (AvgIpc) is 2.44. The van der Waals surface area contributed by atoms with Gasteiger partial charge in [0, 0.05) is 23.9 Å². The fourth-order valence-electron chi connectivity index (χ4n) is 1.76. The Morgan fingerprint density at radius 1 is 1.30 bits per heavy atom. The van der Waals surface area contributed by atoms with Gasteiger partial charge in [-0.2, -0.15) is 0 Å². The Bertz CT molecular complexity index is 590. The summed E-state index contributed by atoms with van der Waals surface area (Å²) in [5.74, 6) is -1.14. The van der Waals surface area contributed by atoms with Crippen molar-refractivity contribution >= 4 is 0 Å². The molecule has 0 radical (unpaired) electrons. The second kappa shape index (κ2) is 6.43. The van der Waals surface area contributed by atoms with Gasteiger partial charge in [0.1, 0.15) is 5.82 Å². The third kappa shape index (κ3) is 3.51. The van der Waals surface area contributed by atoms with Crippen LogP contribution in [0.5, 0.6) is 11.6 Å². The molecular formula is C15H16F2N2O. The van der Waals surface area contributed by atoms with Gasteiger partial charge in [-0.15, -0.1) is 0 Å². The minimum Gasteiger partial charge on any atom is -0.436 e. The topological polar surface area (TPSA) is 48.1 Å². The van der Waals surface area contributed by atoms with Crippen molar-refractivity contribution in [1.82, 2.24) is 4.98 Å². The minimum absolute atomic E-state index is 0.0288. The van der Waals surface area contributed by atoms with Gasteiger partial charge in [-0.1, -0.05) is 13.0 Å². The highest BCUT2D eigenvalue weighted by atomic mass is 19.1. The van der Waals surface area contributed by atoms with Crippen LogP contribution >= 0.6 is 0 Å². The predicted octanol–water partition coefficient (Wildman–Crippen LogP) is 3.43. The Morgan fingerprint density at radius 3 is 2.85 bits per heavy atom. The molecule has 0 spiro atoms. The summed E-state index contributed by atoms with van der Waals surface area (Å²) < 4.78 is 32.1. The number of halogens is 2. The molecule has 3 nitrogen and oxygen atoms in total. The molecule has 0 aliphatic heterocycles. The molecule has 0 fully saturated rings. The molecule has 1 atom stereocenters. The molecule has 0 aliphatic carbocycles. The number of rotatable bonds is 5. The van der Waals surface area contributed by atoms with Crippen molar-refractivity contribution in [2.75, 3.05) is 0 Å². The molecule has 2 aromatic rings. The number of pyridine rings is 1. The molecule has 1 unspecified atom stereocenters. The van der Waals surface area contributed by atoms with Gasteiger partial charge in [-0.05, 0) is 31.0 Å². The van der Waals surface area contributed by atoms with E-state index in [0.29, 0.717) is 6.42 Å². The molecule has 20 heavy (non-hydrogen) atoms. The van der Waals surface area contributed by atoms with E-state index in [0.717, 1.165) is 30.2 Å². The van der Waals surface area contributed by atoms with Crippen LogP contribution in [0.3, 0.4) is 0 Å². The maximum absolute atomic E-state index is 13.6. The number of nitrogens with two attached hydrogens (primary N) is 1. The molecule has 0 saturated carbocycles. The van der Waals surface area contributed by atoms with Crippen molar-refractivity contribution in [3.63, 3.8) is 0 Å². The van der Waals surface area contributed by atoms with Gasteiger partial charge >= 0.3 is 0 Å². The summed E-state index contributed by atoms with van der Waals surface area (Å²) in [6.07, 6.45) is 2.91. The van der Waals surface area contributed by atoms with Crippen LogP contribution in [-0.2, 0) is 6.42 Å². The fourth-order valence-corrected chi connectivity index (χ4v) is 1.76. The Labute approximate surface area is 116 Å². The molecule has 0 bridgehead atoms. The first kappa shape index (κ1) is 14.4. The SMILES string of the molecule is CCC(N)Cc1cccnc1Oc1cc(F)ccc1F. The summed E-state index contributed by atoms with van der Waals surface area (Å²) >= 11 is 0. The van der Waals surface area contributed by atoms with Crippen molar-refractivity contribution in [3.8, 4) is 11.6 Å². The highest BCUT2D eigenvalue weighted by Gasteiger charge is 2.12. The van der Waals surface area contributed by atoms with Crippen LogP contribution < -0.4 is 10.5 Å². The largest absolute Gasteiger partial charge is 0.436 e. The normalized spacial score (nSPS) is 12.2. The minimum atomic E-state index is -0.636. The summed E-state index contributed by atoms with van der Waals surface area (Å²) in [5, 5.41) is 0.